The molecule has 2 aromatic carbocycles. The first-order valence-electron chi connectivity index (χ1n) is 13.2. The maximum Gasteiger partial charge on any atom is 0.230 e. The van der Waals surface area contributed by atoms with Crippen molar-refractivity contribution < 1.29 is 9.59 Å². The summed E-state index contributed by atoms with van der Waals surface area (Å²) in [4.78, 5) is 28.3. The van der Waals surface area contributed by atoms with E-state index in [-0.39, 0.29) is 18.2 Å². The number of unbranched alkanes of at least 4 members (excludes halogenated alkanes) is 1. The minimum absolute atomic E-state index is 0.0799. The van der Waals surface area contributed by atoms with Crippen LogP contribution in [0.2, 0.25) is 0 Å². The third-order valence-electron chi connectivity index (χ3n) is 6.81. The van der Waals surface area contributed by atoms with Crippen molar-refractivity contribution in [1.29, 1.82) is 0 Å². The quantitative estimate of drug-likeness (QED) is 0.167. The number of nitrogens with zero attached hydrogens (tertiary/aromatic N) is 4. The van der Waals surface area contributed by atoms with Gasteiger partial charge in [0, 0.05) is 42.2 Å². The van der Waals surface area contributed by atoms with Crippen molar-refractivity contribution in [2.45, 2.75) is 44.9 Å². The number of carbonyl (C=O) groups excluding carboxylic acids is 2. The van der Waals surface area contributed by atoms with E-state index in [0.29, 0.717) is 16.7 Å². The molecule has 40 heavy (non-hydrogen) atoms. The van der Waals surface area contributed by atoms with E-state index in [1.54, 1.807) is 0 Å². The molecule has 0 unspecified atom stereocenters. The molecule has 0 bridgehead atoms. The molecule has 0 spiro atoms. The zero-order valence-electron chi connectivity index (χ0n) is 21.7. The van der Waals surface area contributed by atoms with E-state index in [0.717, 1.165) is 76.4 Å². The minimum atomic E-state index is -0.111. The summed E-state index contributed by atoms with van der Waals surface area (Å²) in [5.41, 5.74) is 5.39. The number of amides is 2. The molecular weight excluding hydrogens is 544 g/mol. The second-order valence-electron chi connectivity index (χ2n) is 9.63. The largest absolute Gasteiger partial charge is 0.384 e. The lowest BCUT2D eigenvalue weighted by molar-refractivity contribution is -0.116. The van der Waals surface area contributed by atoms with Gasteiger partial charge in [0.15, 0.2) is 0 Å². The third kappa shape index (κ3) is 6.18. The molecule has 3 aromatic heterocycles. The molecule has 12 heteroatoms. The highest BCUT2D eigenvalue weighted by molar-refractivity contribution is 7.15. The second-order valence-corrected chi connectivity index (χ2v) is 11.8. The number of rotatable bonds is 11. The Bertz CT molecular complexity index is 1660. The fourth-order valence-electron chi connectivity index (χ4n) is 4.92. The molecule has 0 saturated heterocycles. The summed E-state index contributed by atoms with van der Waals surface area (Å²) < 4.78 is 0. The average Bonchev–Trinajstić information content (AvgIpc) is 3.75. The van der Waals surface area contributed by atoms with Crippen molar-refractivity contribution in [2.75, 3.05) is 22.5 Å². The van der Waals surface area contributed by atoms with Gasteiger partial charge in [0.05, 0.1) is 12.8 Å². The van der Waals surface area contributed by atoms with Gasteiger partial charge >= 0.3 is 0 Å². The molecule has 2 amide bonds. The highest BCUT2D eigenvalue weighted by Crippen LogP contribution is 2.26. The SMILES string of the molecule is O=C(Cc1cccc2c1CCN2)Nc1nnc(CCCCc2nnc(NC(=O)Cc3cccc4[nH]ccc34)s2)s1. The van der Waals surface area contributed by atoms with Crippen molar-refractivity contribution in [3.8, 4) is 0 Å². The molecule has 204 valence electrons. The van der Waals surface area contributed by atoms with Gasteiger partial charge in [0.25, 0.3) is 0 Å². The summed E-state index contributed by atoms with van der Waals surface area (Å²) in [6.07, 6.45) is 6.79. The van der Waals surface area contributed by atoms with E-state index < -0.39 is 0 Å². The molecule has 6 rings (SSSR count). The molecule has 10 nitrogen and oxygen atoms in total. The average molecular weight is 573 g/mol. The molecule has 1 aliphatic rings. The topological polar surface area (TPSA) is 138 Å². The van der Waals surface area contributed by atoms with Crippen molar-refractivity contribution in [3.05, 3.63) is 75.4 Å². The van der Waals surface area contributed by atoms with Crippen LogP contribution in [0.4, 0.5) is 16.0 Å². The van der Waals surface area contributed by atoms with Crippen molar-refractivity contribution in [1.82, 2.24) is 25.4 Å². The Kier molecular flexibility index (Phi) is 7.78. The Labute approximate surface area is 238 Å². The van der Waals surface area contributed by atoms with Crippen LogP contribution in [0, 0.1) is 0 Å². The normalized spacial score (nSPS) is 12.3. The number of hydrogen-bond acceptors (Lipinski definition) is 9. The maximum absolute atomic E-state index is 12.6. The van der Waals surface area contributed by atoms with Gasteiger partial charge in [-0.25, -0.2) is 0 Å². The lowest BCUT2D eigenvalue weighted by atomic mass is 10.0. The van der Waals surface area contributed by atoms with Gasteiger partial charge in [-0.3, -0.25) is 9.59 Å². The number of hydrogen-bond donors (Lipinski definition) is 4. The van der Waals surface area contributed by atoms with Gasteiger partial charge in [-0.05, 0) is 54.2 Å². The summed E-state index contributed by atoms with van der Waals surface area (Å²) in [6, 6.07) is 13.9. The number of fused-ring (bicyclic) bond motifs is 2. The number of carbonyl (C=O) groups is 2. The van der Waals surface area contributed by atoms with Gasteiger partial charge in [0.2, 0.25) is 22.1 Å². The minimum Gasteiger partial charge on any atom is -0.384 e. The number of H-pyrrole nitrogens is 1. The molecule has 1 aliphatic heterocycles. The van der Waals surface area contributed by atoms with Gasteiger partial charge in [0.1, 0.15) is 10.0 Å². The van der Waals surface area contributed by atoms with Crippen LogP contribution in [0.1, 0.15) is 39.5 Å². The van der Waals surface area contributed by atoms with Crippen molar-refractivity contribution >= 4 is 61.3 Å². The highest BCUT2D eigenvalue weighted by atomic mass is 32.1. The van der Waals surface area contributed by atoms with Crippen LogP contribution < -0.4 is 16.0 Å². The Balaban J connectivity index is 0.922. The molecule has 5 aromatic rings. The zero-order chi connectivity index (χ0) is 27.3. The summed E-state index contributed by atoms with van der Waals surface area (Å²) in [6.45, 7) is 0.914. The van der Waals surface area contributed by atoms with Crippen LogP contribution in [0.5, 0.6) is 0 Å². The first-order valence-corrected chi connectivity index (χ1v) is 14.9. The standard InChI is InChI=1S/C28H28N8O2S2/c37-23(15-17-5-3-7-21-19(17)11-13-29-21)31-27-35-33-25(39-27)9-1-2-10-26-34-36-28(40-26)32-24(38)16-18-6-4-8-22-20(18)12-14-30-22/h3-8,11,13,29-30H,1-2,9-10,12,14-16H2,(H,31,35,37)(H,32,36,38). The van der Waals surface area contributed by atoms with Gasteiger partial charge in [-0.2, -0.15) is 0 Å². The van der Waals surface area contributed by atoms with Crippen LogP contribution in [-0.2, 0) is 41.7 Å². The zero-order valence-corrected chi connectivity index (χ0v) is 23.3. The summed E-state index contributed by atoms with van der Waals surface area (Å²) in [5, 5.41) is 29.7. The molecular formula is C28H28N8O2S2. The van der Waals surface area contributed by atoms with Gasteiger partial charge < -0.3 is 20.9 Å². The van der Waals surface area contributed by atoms with Crippen molar-refractivity contribution in [2.24, 2.45) is 0 Å². The Morgan fingerprint density at radius 3 is 2.17 bits per heavy atom. The highest BCUT2D eigenvalue weighted by Gasteiger charge is 2.17. The Morgan fingerprint density at radius 2 is 1.45 bits per heavy atom. The first-order chi connectivity index (χ1) is 19.6. The van der Waals surface area contributed by atoms with E-state index in [1.807, 2.05) is 42.6 Å². The molecule has 4 heterocycles. The molecule has 0 aliphatic carbocycles. The second kappa shape index (κ2) is 11.9. The molecule has 0 saturated carbocycles. The summed E-state index contributed by atoms with van der Waals surface area (Å²) >= 11 is 2.82. The van der Waals surface area contributed by atoms with E-state index in [2.05, 4.69) is 47.4 Å². The monoisotopic (exact) mass is 572 g/mol. The molecule has 0 radical (unpaired) electrons. The lowest BCUT2D eigenvalue weighted by Gasteiger charge is -2.07. The Hall–Kier alpha value is -4.16. The number of anilines is 3. The van der Waals surface area contributed by atoms with Gasteiger partial charge in [-0.15, -0.1) is 20.4 Å². The number of nitrogens with one attached hydrogen (secondary N) is 4. The predicted molar refractivity (Wildman–Crippen MR) is 158 cm³/mol. The fourth-order valence-corrected chi connectivity index (χ4v) is 6.52. The van der Waals surface area contributed by atoms with Crippen LogP contribution in [-0.4, -0.2) is 43.7 Å². The van der Waals surface area contributed by atoms with Crippen LogP contribution in [0.3, 0.4) is 0 Å². The van der Waals surface area contributed by atoms with E-state index in [1.165, 1.54) is 28.2 Å². The van der Waals surface area contributed by atoms with E-state index in [4.69, 9.17) is 0 Å². The van der Waals surface area contributed by atoms with Crippen LogP contribution in [0.25, 0.3) is 10.9 Å². The van der Waals surface area contributed by atoms with Crippen LogP contribution in [0.15, 0.2) is 48.7 Å². The Morgan fingerprint density at radius 1 is 0.800 bits per heavy atom. The van der Waals surface area contributed by atoms with Gasteiger partial charge in [-0.1, -0.05) is 46.9 Å². The molecule has 0 fully saturated rings. The lowest BCUT2D eigenvalue weighted by Crippen LogP contribution is -2.15. The third-order valence-corrected chi connectivity index (χ3v) is 8.61. The van der Waals surface area contributed by atoms with E-state index in [9.17, 15) is 9.59 Å². The fraction of sp³-hybridized carbons (Fsp3) is 0.286. The van der Waals surface area contributed by atoms with E-state index >= 15 is 0 Å². The number of aryl methyl sites for hydroxylation is 2. The molecule has 0 atom stereocenters. The first kappa shape index (κ1) is 26.1. The number of benzene rings is 2. The number of aromatic nitrogens is 5. The van der Waals surface area contributed by atoms with Crippen molar-refractivity contribution in [3.63, 3.8) is 0 Å². The maximum atomic E-state index is 12.6. The van der Waals surface area contributed by atoms with Crippen LogP contribution >= 0.6 is 22.7 Å². The summed E-state index contributed by atoms with van der Waals surface area (Å²) in [5.74, 6) is -0.191. The number of aromatic amines is 1. The summed E-state index contributed by atoms with van der Waals surface area (Å²) in [7, 11) is 0. The predicted octanol–water partition coefficient (Wildman–Crippen LogP) is 4.77. The smallest absolute Gasteiger partial charge is 0.230 e. The molecule has 4 N–H and O–H groups in total.